The molecule has 2 nitrogen and oxygen atoms in total. The van der Waals surface area contributed by atoms with Gasteiger partial charge in [-0.15, -0.1) is 0 Å². The van der Waals surface area contributed by atoms with Crippen molar-refractivity contribution in [3.63, 3.8) is 0 Å². The van der Waals surface area contributed by atoms with Crippen molar-refractivity contribution in [1.82, 2.24) is 0 Å². The molecule has 1 aromatic rings. The van der Waals surface area contributed by atoms with Crippen LogP contribution in [-0.4, -0.2) is 8.42 Å². The molecule has 0 spiro atoms. The third-order valence-electron chi connectivity index (χ3n) is 2.10. The van der Waals surface area contributed by atoms with E-state index < -0.39 is 9.05 Å². The maximum atomic E-state index is 11.1. The summed E-state index contributed by atoms with van der Waals surface area (Å²) in [5, 5.41) is 0.602. The monoisotopic (exact) mass is 248 g/mol. The van der Waals surface area contributed by atoms with Gasteiger partial charge in [0.15, 0.2) is 0 Å². The zero-order valence-corrected chi connectivity index (χ0v) is 9.33. The summed E-state index contributed by atoms with van der Waals surface area (Å²) < 4.78 is 22.1. The van der Waals surface area contributed by atoms with E-state index in [-0.39, 0.29) is 4.91 Å². The predicted molar refractivity (Wildman–Crippen MR) is 57.9 cm³/mol. The third-order valence-corrected chi connectivity index (χ3v) is 3.82. The first-order valence-corrected chi connectivity index (χ1v) is 6.59. The minimum absolute atomic E-state index is 0.233. The molecule has 0 bridgehead atoms. The van der Waals surface area contributed by atoms with Crippen LogP contribution in [0.15, 0.2) is 23.1 Å². The Kier molecular flexibility index (Phi) is 2.33. The minimum Gasteiger partial charge on any atom is -0.207 e. The first-order valence-electron chi connectivity index (χ1n) is 3.90. The van der Waals surface area contributed by atoms with Crippen molar-refractivity contribution in [3.8, 4) is 0 Å². The maximum absolute atomic E-state index is 11.1. The van der Waals surface area contributed by atoms with Gasteiger partial charge in [0.1, 0.15) is 0 Å². The summed E-state index contributed by atoms with van der Waals surface area (Å²) in [5.41, 5.74) is 1.77. The lowest BCUT2D eigenvalue weighted by Crippen LogP contribution is -1.94. The number of halogens is 2. The van der Waals surface area contributed by atoms with Gasteiger partial charge < -0.3 is 0 Å². The van der Waals surface area contributed by atoms with Gasteiger partial charge in [-0.2, -0.15) is 0 Å². The highest BCUT2D eigenvalue weighted by Crippen LogP contribution is 2.31. The van der Waals surface area contributed by atoms with Crippen molar-refractivity contribution in [1.29, 1.82) is 0 Å². The molecule has 0 aromatic heterocycles. The van der Waals surface area contributed by atoms with Gasteiger partial charge in [-0.05, 0) is 29.3 Å². The van der Waals surface area contributed by atoms with E-state index in [0.717, 1.165) is 11.1 Å². The second kappa shape index (κ2) is 3.26. The van der Waals surface area contributed by atoms with Crippen LogP contribution in [0.4, 0.5) is 0 Å². The van der Waals surface area contributed by atoms with E-state index in [4.69, 9.17) is 22.3 Å². The molecule has 0 N–H and O–H groups in total. The molecule has 74 valence electrons. The van der Waals surface area contributed by atoms with Crippen molar-refractivity contribution >= 4 is 37.4 Å². The van der Waals surface area contributed by atoms with E-state index in [2.05, 4.69) is 0 Å². The van der Waals surface area contributed by atoms with Gasteiger partial charge in [-0.25, -0.2) is 8.42 Å². The highest BCUT2D eigenvalue weighted by atomic mass is 35.7. The molecule has 1 aliphatic carbocycles. The summed E-state index contributed by atoms with van der Waals surface area (Å²) in [6.07, 6.45) is 1.91. The Hall–Kier alpha value is -0.510. The largest absolute Gasteiger partial charge is 0.257 e. The molecule has 1 aliphatic rings. The number of hydrogen-bond donors (Lipinski definition) is 0. The SMILES string of the molecule is O=S(=O)(Cl)C1=Cc2ccc(Cl)cc2C1. The Morgan fingerprint density at radius 1 is 1.29 bits per heavy atom. The van der Waals surface area contributed by atoms with E-state index >= 15 is 0 Å². The normalized spacial score (nSPS) is 15.1. The van der Waals surface area contributed by atoms with Crippen molar-refractivity contribution in [2.75, 3.05) is 0 Å². The summed E-state index contributed by atoms with van der Waals surface area (Å²) in [6, 6.07) is 5.26. The van der Waals surface area contributed by atoms with Gasteiger partial charge in [0.25, 0.3) is 9.05 Å². The fourth-order valence-corrected chi connectivity index (χ4v) is 2.52. The number of benzene rings is 1. The lowest BCUT2D eigenvalue weighted by atomic mass is 10.1. The van der Waals surface area contributed by atoms with Crippen LogP contribution in [0.5, 0.6) is 0 Å². The van der Waals surface area contributed by atoms with Gasteiger partial charge in [0.05, 0.1) is 4.91 Å². The Morgan fingerprint density at radius 3 is 2.64 bits per heavy atom. The van der Waals surface area contributed by atoms with Crippen molar-refractivity contribution in [2.24, 2.45) is 0 Å². The summed E-state index contributed by atoms with van der Waals surface area (Å²) >= 11 is 5.78. The van der Waals surface area contributed by atoms with E-state index in [9.17, 15) is 8.42 Å². The Bertz CT molecular complexity index is 518. The average molecular weight is 249 g/mol. The first-order chi connectivity index (χ1) is 6.47. The molecule has 0 atom stereocenters. The molecule has 0 saturated carbocycles. The smallest absolute Gasteiger partial charge is 0.207 e. The molecule has 0 unspecified atom stereocenters. The van der Waals surface area contributed by atoms with Crippen LogP contribution in [0.2, 0.25) is 5.02 Å². The second-order valence-corrected chi connectivity index (χ2v) is 6.12. The van der Waals surface area contributed by atoms with Gasteiger partial charge >= 0.3 is 0 Å². The Balaban J connectivity index is 2.47. The van der Waals surface area contributed by atoms with Crippen molar-refractivity contribution < 1.29 is 8.42 Å². The van der Waals surface area contributed by atoms with Crippen molar-refractivity contribution in [3.05, 3.63) is 39.3 Å². The Labute approximate surface area is 91.6 Å². The number of hydrogen-bond acceptors (Lipinski definition) is 2. The number of rotatable bonds is 1. The van der Waals surface area contributed by atoms with Crippen LogP contribution < -0.4 is 0 Å². The zero-order chi connectivity index (χ0) is 10.3. The number of allylic oxidation sites excluding steroid dienone is 1. The van der Waals surface area contributed by atoms with Crippen LogP contribution in [0.3, 0.4) is 0 Å². The van der Waals surface area contributed by atoms with E-state index in [1.807, 2.05) is 0 Å². The van der Waals surface area contributed by atoms with Crippen LogP contribution in [0.1, 0.15) is 11.1 Å². The highest BCUT2D eigenvalue weighted by Gasteiger charge is 2.21. The molecule has 1 aromatic carbocycles. The lowest BCUT2D eigenvalue weighted by molar-refractivity contribution is 0.614. The number of fused-ring (bicyclic) bond motifs is 1. The molecule has 2 rings (SSSR count). The highest BCUT2D eigenvalue weighted by molar-refractivity contribution is 8.16. The molecule has 0 saturated heterocycles. The van der Waals surface area contributed by atoms with Crippen LogP contribution in [-0.2, 0) is 15.5 Å². The zero-order valence-electron chi connectivity index (χ0n) is 7.00. The molecule has 0 amide bonds. The summed E-state index contributed by atoms with van der Waals surface area (Å²) in [5.74, 6) is 0. The second-order valence-electron chi connectivity index (χ2n) is 3.07. The predicted octanol–water partition coefficient (Wildman–Crippen LogP) is 2.81. The summed E-state index contributed by atoms with van der Waals surface area (Å²) in [4.78, 5) is 0.233. The van der Waals surface area contributed by atoms with E-state index in [1.165, 1.54) is 0 Å². The Morgan fingerprint density at radius 2 is 2.00 bits per heavy atom. The lowest BCUT2D eigenvalue weighted by Gasteiger charge is -1.97. The van der Waals surface area contributed by atoms with Crippen LogP contribution in [0, 0.1) is 0 Å². The minimum atomic E-state index is -3.59. The fourth-order valence-electron chi connectivity index (χ4n) is 1.44. The van der Waals surface area contributed by atoms with E-state index in [1.54, 1.807) is 24.3 Å². The van der Waals surface area contributed by atoms with Gasteiger partial charge in [0.2, 0.25) is 0 Å². The first kappa shape index (κ1) is 10.0. The van der Waals surface area contributed by atoms with Gasteiger partial charge in [-0.3, -0.25) is 0 Å². The summed E-state index contributed by atoms with van der Waals surface area (Å²) in [7, 11) is 1.65. The molecular weight excluding hydrogens is 243 g/mol. The molecule has 0 aliphatic heterocycles. The summed E-state index contributed by atoms with van der Waals surface area (Å²) in [6.45, 7) is 0. The van der Waals surface area contributed by atoms with E-state index in [0.29, 0.717) is 11.4 Å². The third kappa shape index (κ3) is 1.80. The fraction of sp³-hybridized carbons (Fsp3) is 0.111. The standard InChI is InChI=1S/C9H6Cl2O2S/c10-8-2-1-6-4-9(14(11,12)13)5-7(6)3-8/h1-4H,5H2. The molecular formula is C9H6Cl2O2S. The van der Waals surface area contributed by atoms with Crippen LogP contribution >= 0.6 is 22.3 Å². The topological polar surface area (TPSA) is 34.1 Å². The maximum Gasteiger partial charge on any atom is 0.257 e. The van der Waals surface area contributed by atoms with Crippen LogP contribution in [0.25, 0.3) is 6.08 Å². The molecule has 5 heteroatoms. The van der Waals surface area contributed by atoms with Gasteiger partial charge in [-0.1, -0.05) is 17.7 Å². The molecule has 0 heterocycles. The van der Waals surface area contributed by atoms with Gasteiger partial charge in [0, 0.05) is 22.1 Å². The molecule has 0 radical (unpaired) electrons. The average Bonchev–Trinajstić information content (AvgIpc) is 2.45. The van der Waals surface area contributed by atoms with Crippen molar-refractivity contribution in [2.45, 2.75) is 6.42 Å². The molecule has 14 heavy (non-hydrogen) atoms. The molecule has 0 fully saturated rings. The quantitative estimate of drug-likeness (QED) is 0.717.